The summed E-state index contributed by atoms with van der Waals surface area (Å²) in [7, 11) is 0. The maximum atomic E-state index is 11.1. The van der Waals surface area contributed by atoms with Gasteiger partial charge in [-0.25, -0.2) is 0 Å². The lowest BCUT2D eigenvalue weighted by atomic mass is 9.97. The number of ketones is 1. The summed E-state index contributed by atoms with van der Waals surface area (Å²) in [5.74, 6) is 0.409. The summed E-state index contributed by atoms with van der Waals surface area (Å²) in [5, 5.41) is 0. The van der Waals surface area contributed by atoms with Gasteiger partial charge in [-0.05, 0) is 30.9 Å². The van der Waals surface area contributed by atoms with Crippen LogP contribution in [-0.2, 0) is 17.6 Å². The highest BCUT2D eigenvalue weighted by atomic mass is 16.1. The van der Waals surface area contributed by atoms with Crippen LogP contribution in [0.3, 0.4) is 0 Å². The van der Waals surface area contributed by atoms with E-state index in [9.17, 15) is 4.79 Å². The minimum atomic E-state index is 0.141. The van der Waals surface area contributed by atoms with Crippen LogP contribution in [0, 0.1) is 5.92 Å². The molecular formula is C13H18O. The minimum absolute atomic E-state index is 0.141. The Bertz CT molecular complexity index is 298. The lowest BCUT2D eigenvalue weighted by Gasteiger charge is -2.07. The summed E-state index contributed by atoms with van der Waals surface area (Å²) in [6, 6.07) is 8.53. The molecule has 1 atom stereocenters. The Labute approximate surface area is 86.1 Å². The average Bonchev–Trinajstić information content (AvgIpc) is 2.19. The molecule has 0 amide bonds. The van der Waals surface area contributed by atoms with Crippen molar-refractivity contribution in [1.29, 1.82) is 0 Å². The Hall–Kier alpha value is -1.11. The third-order valence-corrected chi connectivity index (χ3v) is 2.67. The second-order valence-corrected chi connectivity index (χ2v) is 3.89. The van der Waals surface area contributed by atoms with E-state index in [1.165, 1.54) is 11.1 Å². The molecule has 1 aromatic rings. The Balaban J connectivity index is 2.64. The molecule has 0 N–H and O–H groups in total. The Morgan fingerprint density at radius 2 is 1.71 bits per heavy atom. The predicted molar refractivity (Wildman–Crippen MR) is 59.4 cm³/mol. The molecule has 0 bridgehead atoms. The van der Waals surface area contributed by atoms with E-state index in [0.29, 0.717) is 0 Å². The number of aryl methyl sites for hydroxylation is 1. The smallest absolute Gasteiger partial charge is 0.132 e. The average molecular weight is 190 g/mol. The summed E-state index contributed by atoms with van der Waals surface area (Å²) in [4.78, 5) is 11.1. The van der Waals surface area contributed by atoms with Crippen LogP contribution < -0.4 is 0 Å². The summed E-state index contributed by atoms with van der Waals surface area (Å²) in [5.41, 5.74) is 2.61. The normalized spacial score (nSPS) is 12.5. The zero-order chi connectivity index (χ0) is 10.6. The summed E-state index contributed by atoms with van der Waals surface area (Å²) in [6.07, 6.45) is 1.93. The number of hydrogen-bond donors (Lipinski definition) is 0. The number of hydrogen-bond acceptors (Lipinski definition) is 1. The van der Waals surface area contributed by atoms with Crippen LogP contribution in [0.4, 0.5) is 0 Å². The first-order chi connectivity index (χ1) is 6.63. The number of benzene rings is 1. The molecule has 0 radical (unpaired) electrons. The fraction of sp³-hybridized carbons (Fsp3) is 0.462. The molecule has 0 aliphatic rings. The van der Waals surface area contributed by atoms with Crippen LogP contribution >= 0.6 is 0 Å². The number of Topliss-reactive ketones (excluding diaryl/α,β-unsaturated/α-hetero) is 1. The number of rotatable bonds is 4. The Morgan fingerprint density at radius 1 is 1.21 bits per heavy atom. The SMILES string of the molecule is CCc1ccc(C[C@H](C)C(C)=O)cc1. The second-order valence-electron chi connectivity index (χ2n) is 3.89. The highest BCUT2D eigenvalue weighted by Gasteiger charge is 2.07. The van der Waals surface area contributed by atoms with Gasteiger partial charge in [0.05, 0.1) is 0 Å². The van der Waals surface area contributed by atoms with Crippen molar-refractivity contribution in [2.45, 2.75) is 33.6 Å². The molecule has 0 saturated heterocycles. The molecule has 1 heteroatoms. The monoisotopic (exact) mass is 190 g/mol. The van der Waals surface area contributed by atoms with Gasteiger partial charge in [0.15, 0.2) is 0 Å². The van der Waals surface area contributed by atoms with Crippen LogP contribution in [-0.4, -0.2) is 5.78 Å². The molecule has 14 heavy (non-hydrogen) atoms. The van der Waals surface area contributed by atoms with Crippen molar-refractivity contribution in [3.63, 3.8) is 0 Å². The van der Waals surface area contributed by atoms with Gasteiger partial charge in [0.2, 0.25) is 0 Å². The molecule has 0 spiro atoms. The maximum absolute atomic E-state index is 11.1. The van der Waals surface area contributed by atoms with Crippen molar-refractivity contribution in [2.24, 2.45) is 5.92 Å². The van der Waals surface area contributed by atoms with Crippen LogP contribution in [0.25, 0.3) is 0 Å². The van der Waals surface area contributed by atoms with Gasteiger partial charge in [0.25, 0.3) is 0 Å². The lowest BCUT2D eigenvalue weighted by Crippen LogP contribution is -2.09. The topological polar surface area (TPSA) is 17.1 Å². The van der Waals surface area contributed by atoms with E-state index in [-0.39, 0.29) is 11.7 Å². The van der Waals surface area contributed by atoms with Crippen LogP contribution in [0.2, 0.25) is 0 Å². The molecule has 76 valence electrons. The molecule has 0 heterocycles. The largest absolute Gasteiger partial charge is 0.300 e. The fourth-order valence-electron chi connectivity index (χ4n) is 1.41. The highest BCUT2D eigenvalue weighted by molar-refractivity contribution is 5.78. The van der Waals surface area contributed by atoms with E-state index in [2.05, 4.69) is 31.2 Å². The maximum Gasteiger partial charge on any atom is 0.132 e. The van der Waals surface area contributed by atoms with Crippen LogP contribution in [0.1, 0.15) is 31.9 Å². The van der Waals surface area contributed by atoms with Crippen molar-refractivity contribution in [1.82, 2.24) is 0 Å². The van der Waals surface area contributed by atoms with E-state index in [1.807, 2.05) is 6.92 Å². The number of carbonyl (C=O) groups excluding carboxylic acids is 1. The van der Waals surface area contributed by atoms with Crippen molar-refractivity contribution in [3.05, 3.63) is 35.4 Å². The standard InChI is InChI=1S/C13H18O/c1-4-12-5-7-13(8-6-12)9-10(2)11(3)14/h5-8,10H,4,9H2,1-3H3/t10-/m0/s1. The summed E-state index contributed by atoms with van der Waals surface area (Å²) in [6.45, 7) is 5.79. The number of carbonyl (C=O) groups is 1. The van der Waals surface area contributed by atoms with Crippen molar-refractivity contribution < 1.29 is 4.79 Å². The van der Waals surface area contributed by atoms with Crippen LogP contribution in [0.15, 0.2) is 24.3 Å². The minimum Gasteiger partial charge on any atom is -0.300 e. The van der Waals surface area contributed by atoms with E-state index >= 15 is 0 Å². The Kier molecular flexibility index (Phi) is 3.87. The molecule has 1 nitrogen and oxygen atoms in total. The molecule has 0 aliphatic heterocycles. The first-order valence-corrected chi connectivity index (χ1v) is 5.21. The van der Waals surface area contributed by atoms with Gasteiger partial charge in [-0.15, -0.1) is 0 Å². The van der Waals surface area contributed by atoms with Gasteiger partial charge in [-0.1, -0.05) is 38.1 Å². The third kappa shape index (κ3) is 2.99. The van der Waals surface area contributed by atoms with Gasteiger partial charge >= 0.3 is 0 Å². The van der Waals surface area contributed by atoms with Gasteiger partial charge < -0.3 is 0 Å². The van der Waals surface area contributed by atoms with Gasteiger partial charge in [0, 0.05) is 5.92 Å². The van der Waals surface area contributed by atoms with E-state index < -0.39 is 0 Å². The lowest BCUT2D eigenvalue weighted by molar-refractivity contribution is -0.120. The van der Waals surface area contributed by atoms with Crippen molar-refractivity contribution in [2.75, 3.05) is 0 Å². The molecule has 1 aromatic carbocycles. The molecule has 0 saturated carbocycles. The predicted octanol–water partition coefficient (Wildman–Crippen LogP) is 3.02. The Morgan fingerprint density at radius 3 is 2.14 bits per heavy atom. The van der Waals surface area contributed by atoms with E-state index in [1.54, 1.807) is 6.92 Å². The summed E-state index contributed by atoms with van der Waals surface area (Å²) >= 11 is 0. The zero-order valence-corrected chi connectivity index (χ0v) is 9.21. The van der Waals surface area contributed by atoms with Gasteiger partial charge in [-0.2, -0.15) is 0 Å². The molecule has 0 aromatic heterocycles. The quantitative estimate of drug-likeness (QED) is 0.713. The van der Waals surface area contributed by atoms with Crippen LogP contribution in [0.5, 0.6) is 0 Å². The molecule has 0 aliphatic carbocycles. The van der Waals surface area contributed by atoms with Gasteiger partial charge in [0.1, 0.15) is 5.78 Å². The molecule has 0 fully saturated rings. The molecular weight excluding hydrogens is 172 g/mol. The first kappa shape index (κ1) is 11.0. The van der Waals surface area contributed by atoms with Gasteiger partial charge in [-0.3, -0.25) is 4.79 Å². The highest BCUT2D eigenvalue weighted by Crippen LogP contribution is 2.11. The third-order valence-electron chi connectivity index (χ3n) is 2.67. The summed E-state index contributed by atoms with van der Waals surface area (Å²) < 4.78 is 0. The second kappa shape index (κ2) is 4.94. The van der Waals surface area contributed by atoms with Crippen molar-refractivity contribution in [3.8, 4) is 0 Å². The fourth-order valence-corrected chi connectivity index (χ4v) is 1.41. The molecule has 1 rings (SSSR count). The zero-order valence-electron chi connectivity index (χ0n) is 9.21. The van der Waals surface area contributed by atoms with Crippen molar-refractivity contribution >= 4 is 5.78 Å². The van der Waals surface area contributed by atoms with E-state index in [4.69, 9.17) is 0 Å². The first-order valence-electron chi connectivity index (χ1n) is 5.21. The van der Waals surface area contributed by atoms with E-state index in [0.717, 1.165) is 12.8 Å². The molecule has 0 unspecified atom stereocenters.